The summed E-state index contributed by atoms with van der Waals surface area (Å²) < 4.78 is 21.5. The van der Waals surface area contributed by atoms with Crippen LogP contribution in [0.1, 0.15) is 5.56 Å². The van der Waals surface area contributed by atoms with Gasteiger partial charge >= 0.3 is 0 Å². The summed E-state index contributed by atoms with van der Waals surface area (Å²) in [5, 5.41) is 0. The van der Waals surface area contributed by atoms with E-state index in [-0.39, 0.29) is 0 Å². The molecule has 0 fully saturated rings. The van der Waals surface area contributed by atoms with Crippen molar-refractivity contribution in [2.24, 2.45) is 0 Å². The average molecular weight is 273 g/mol. The molecule has 0 aliphatic carbocycles. The van der Waals surface area contributed by atoms with Crippen molar-refractivity contribution in [2.75, 3.05) is 21.3 Å². The van der Waals surface area contributed by atoms with Crippen molar-refractivity contribution in [3.63, 3.8) is 0 Å². The highest BCUT2D eigenvalue weighted by Crippen LogP contribution is 2.41. The Morgan fingerprint density at radius 2 is 1.40 bits per heavy atom. The molecule has 0 unspecified atom stereocenters. The molecule has 20 heavy (non-hydrogen) atoms. The smallest absolute Gasteiger partial charge is 0.204 e. The van der Waals surface area contributed by atoms with Gasteiger partial charge in [0.1, 0.15) is 5.75 Å². The summed E-state index contributed by atoms with van der Waals surface area (Å²) >= 11 is 0. The molecule has 0 amide bonds. The third-order valence-electron chi connectivity index (χ3n) is 2.78. The van der Waals surface area contributed by atoms with Gasteiger partial charge in [0.05, 0.1) is 21.3 Å². The van der Waals surface area contributed by atoms with E-state index in [0.29, 0.717) is 23.0 Å². The van der Waals surface area contributed by atoms with E-state index in [1.165, 1.54) is 0 Å². The van der Waals surface area contributed by atoms with Gasteiger partial charge in [0.25, 0.3) is 0 Å². The molecule has 1 radical (unpaired) electrons. The van der Waals surface area contributed by atoms with Gasteiger partial charge in [-0.2, -0.15) is 0 Å². The van der Waals surface area contributed by atoms with E-state index in [1.807, 2.05) is 30.3 Å². The SMILES string of the molecule is COc1cc(OC)c(O[CH]c2ccccc2)c(OC)c1. The van der Waals surface area contributed by atoms with Gasteiger partial charge in [-0.1, -0.05) is 30.3 Å². The molecule has 0 aliphatic rings. The molecule has 0 atom stereocenters. The number of hydrogen-bond donors (Lipinski definition) is 0. The van der Waals surface area contributed by atoms with E-state index in [2.05, 4.69) is 0 Å². The Morgan fingerprint density at radius 3 is 1.90 bits per heavy atom. The van der Waals surface area contributed by atoms with Crippen LogP contribution in [0.25, 0.3) is 0 Å². The number of methoxy groups -OCH3 is 3. The summed E-state index contributed by atoms with van der Waals surface area (Å²) in [6.45, 7) is 1.65. The molecule has 2 rings (SSSR count). The van der Waals surface area contributed by atoms with Crippen molar-refractivity contribution in [3.8, 4) is 23.0 Å². The van der Waals surface area contributed by atoms with Crippen molar-refractivity contribution >= 4 is 0 Å². The molecule has 0 bridgehead atoms. The van der Waals surface area contributed by atoms with Crippen LogP contribution in [0.5, 0.6) is 23.0 Å². The van der Waals surface area contributed by atoms with Crippen LogP contribution in [0.3, 0.4) is 0 Å². The van der Waals surface area contributed by atoms with Crippen LogP contribution in [0.15, 0.2) is 42.5 Å². The van der Waals surface area contributed by atoms with E-state index in [9.17, 15) is 0 Å². The fourth-order valence-electron chi connectivity index (χ4n) is 1.75. The van der Waals surface area contributed by atoms with Crippen LogP contribution in [0.2, 0.25) is 0 Å². The van der Waals surface area contributed by atoms with E-state index >= 15 is 0 Å². The zero-order chi connectivity index (χ0) is 14.4. The first kappa shape index (κ1) is 14.1. The Morgan fingerprint density at radius 1 is 0.800 bits per heavy atom. The quantitative estimate of drug-likeness (QED) is 0.809. The summed E-state index contributed by atoms with van der Waals surface area (Å²) in [4.78, 5) is 0. The number of rotatable bonds is 6. The summed E-state index contributed by atoms with van der Waals surface area (Å²) in [6, 6.07) is 13.2. The minimum Gasteiger partial charge on any atom is -0.496 e. The molecular weight excluding hydrogens is 256 g/mol. The first-order valence-corrected chi connectivity index (χ1v) is 6.13. The van der Waals surface area contributed by atoms with E-state index < -0.39 is 0 Å². The van der Waals surface area contributed by atoms with Crippen LogP contribution in [-0.4, -0.2) is 21.3 Å². The van der Waals surface area contributed by atoms with E-state index in [4.69, 9.17) is 18.9 Å². The molecule has 0 spiro atoms. The van der Waals surface area contributed by atoms with Gasteiger partial charge < -0.3 is 18.9 Å². The van der Waals surface area contributed by atoms with Crippen LogP contribution in [0, 0.1) is 6.61 Å². The van der Waals surface area contributed by atoms with Crippen LogP contribution in [0.4, 0.5) is 0 Å². The maximum absolute atomic E-state index is 5.71. The van der Waals surface area contributed by atoms with Gasteiger partial charge in [0.15, 0.2) is 18.1 Å². The van der Waals surface area contributed by atoms with Gasteiger partial charge in [0.2, 0.25) is 5.75 Å². The molecule has 105 valence electrons. The molecule has 2 aromatic carbocycles. The van der Waals surface area contributed by atoms with Crippen molar-refractivity contribution in [3.05, 3.63) is 54.6 Å². The summed E-state index contributed by atoms with van der Waals surface area (Å²) in [6.07, 6.45) is 0. The zero-order valence-electron chi connectivity index (χ0n) is 11.8. The molecule has 0 saturated carbocycles. The van der Waals surface area contributed by atoms with E-state index in [1.54, 1.807) is 40.1 Å². The zero-order valence-corrected chi connectivity index (χ0v) is 11.8. The Bertz CT molecular complexity index is 527. The lowest BCUT2D eigenvalue weighted by Gasteiger charge is -2.15. The van der Waals surface area contributed by atoms with Gasteiger partial charge in [0, 0.05) is 12.1 Å². The number of ether oxygens (including phenoxy) is 4. The number of benzene rings is 2. The van der Waals surface area contributed by atoms with Gasteiger partial charge in [-0.25, -0.2) is 0 Å². The van der Waals surface area contributed by atoms with E-state index in [0.717, 1.165) is 5.56 Å². The maximum Gasteiger partial charge on any atom is 0.204 e. The monoisotopic (exact) mass is 273 g/mol. The lowest BCUT2D eigenvalue weighted by Crippen LogP contribution is -1.99. The predicted molar refractivity (Wildman–Crippen MR) is 76.6 cm³/mol. The average Bonchev–Trinajstić information content (AvgIpc) is 2.52. The molecule has 4 nitrogen and oxygen atoms in total. The lowest BCUT2D eigenvalue weighted by molar-refractivity contribution is 0.324. The van der Waals surface area contributed by atoms with Crippen molar-refractivity contribution in [2.45, 2.75) is 0 Å². The topological polar surface area (TPSA) is 36.9 Å². The van der Waals surface area contributed by atoms with Crippen LogP contribution in [-0.2, 0) is 0 Å². The van der Waals surface area contributed by atoms with Crippen molar-refractivity contribution < 1.29 is 18.9 Å². The summed E-state index contributed by atoms with van der Waals surface area (Å²) in [5.74, 6) is 2.26. The Labute approximate surface area is 118 Å². The first-order valence-electron chi connectivity index (χ1n) is 6.13. The molecule has 0 aliphatic heterocycles. The highest BCUT2D eigenvalue weighted by atomic mass is 16.5. The van der Waals surface area contributed by atoms with Gasteiger partial charge in [-0.15, -0.1) is 0 Å². The van der Waals surface area contributed by atoms with Gasteiger partial charge in [-0.3, -0.25) is 0 Å². The second-order valence-electron chi connectivity index (χ2n) is 4.01. The molecular formula is C16H17O4. The van der Waals surface area contributed by atoms with Gasteiger partial charge in [-0.05, 0) is 5.56 Å². The molecule has 0 aromatic heterocycles. The molecule has 2 aromatic rings. The normalized spacial score (nSPS) is 9.95. The molecule has 0 heterocycles. The second kappa shape index (κ2) is 6.70. The fourth-order valence-corrected chi connectivity index (χ4v) is 1.75. The largest absolute Gasteiger partial charge is 0.496 e. The highest BCUT2D eigenvalue weighted by molar-refractivity contribution is 5.56. The maximum atomic E-state index is 5.71. The lowest BCUT2D eigenvalue weighted by atomic mass is 10.2. The first-order chi connectivity index (χ1) is 9.78. The highest BCUT2D eigenvalue weighted by Gasteiger charge is 2.15. The Hall–Kier alpha value is -2.36. The second-order valence-corrected chi connectivity index (χ2v) is 4.01. The standard InChI is InChI=1S/C16H17O4/c1-17-13-9-14(18-2)16(15(10-13)19-3)20-11-12-7-5-4-6-8-12/h4-11H,1-3H3. The predicted octanol–water partition coefficient (Wildman–Crippen LogP) is 3.30. The third-order valence-corrected chi connectivity index (χ3v) is 2.78. The Kier molecular flexibility index (Phi) is 4.71. The van der Waals surface area contributed by atoms with Crippen molar-refractivity contribution in [1.82, 2.24) is 0 Å². The molecule has 4 heteroatoms. The van der Waals surface area contributed by atoms with Crippen LogP contribution >= 0.6 is 0 Å². The summed E-state index contributed by atoms with van der Waals surface area (Å²) in [5.41, 5.74) is 0.951. The van der Waals surface area contributed by atoms with Crippen LogP contribution < -0.4 is 18.9 Å². The minimum absolute atomic E-state index is 0.514. The summed E-state index contributed by atoms with van der Waals surface area (Å²) in [7, 11) is 4.73. The number of hydrogen-bond acceptors (Lipinski definition) is 4. The Balaban J connectivity index is 2.25. The molecule has 0 N–H and O–H groups in total. The minimum atomic E-state index is 0.514. The fraction of sp³-hybridized carbons (Fsp3) is 0.188. The van der Waals surface area contributed by atoms with Crippen molar-refractivity contribution in [1.29, 1.82) is 0 Å². The molecule has 0 saturated heterocycles. The third kappa shape index (κ3) is 3.15.